The van der Waals surface area contributed by atoms with E-state index < -0.39 is 40.0 Å². The first-order valence-corrected chi connectivity index (χ1v) is 11.0. The van der Waals surface area contributed by atoms with Crippen molar-refractivity contribution in [3.63, 3.8) is 0 Å². The van der Waals surface area contributed by atoms with Crippen LogP contribution in [0.4, 0.5) is 5.69 Å². The molecule has 2 rings (SSSR count). The highest BCUT2D eigenvalue weighted by molar-refractivity contribution is 7.89. The Labute approximate surface area is 181 Å². The number of hydrogen-bond acceptors (Lipinski definition) is 6. The smallest absolute Gasteiger partial charge is 0.329 e. The average Bonchev–Trinajstić information content (AvgIpc) is 2.71. The first kappa shape index (κ1) is 24.0. The Morgan fingerprint density at radius 1 is 0.935 bits per heavy atom. The molecule has 2 amide bonds. The van der Waals surface area contributed by atoms with Crippen molar-refractivity contribution in [3.05, 3.63) is 60.2 Å². The Balaban J connectivity index is 1.99. The maximum atomic E-state index is 12.6. The molecule has 10 heteroatoms. The number of sulfonamides is 1. The molecule has 2 atom stereocenters. The highest BCUT2D eigenvalue weighted by Crippen LogP contribution is 2.14. The highest BCUT2D eigenvalue weighted by atomic mass is 32.2. The Hall–Kier alpha value is -3.24. The third-order valence-corrected chi connectivity index (χ3v) is 5.28. The fraction of sp³-hybridized carbons (Fsp3) is 0.286. The van der Waals surface area contributed by atoms with Gasteiger partial charge >= 0.3 is 5.97 Å². The van der Waals surface area contributed by atoms with Gasteiger partial charge in [-0.25, -0.2) is 18.4 Å². The van der Waals surface area contributed by atoms with Gasteiger partial charge in [0.1, 0.15) is 6.04 Å². The molecular weight excluding hydrogens is 422 g/mol. The fourth-order valence-corrected chi connectivity index (χ4v) is 3.10. The summed E-state index contributed by atoms with van der Waals surface area (Å²) in [4.78, 5) is 37.2. The number of esters is 1. The molecule has 0 bridgehead atoms. The van der Waals surface area contributed by atoms with Gasteiger partial charge in [0.05, 0.1) is 4.90 Å². The summed E-state index contributed by atoms with van der Waals surface area (Å²) in [7, 11) is -3.84. The molecule has 0 radical (unpaired) electrons. The zero-order valence-electron chi connectivity index (χ0n) is 17.4. The Kier molecular flexibility index (Phi) is 7.89. The maximum Gasteiger partial charge on any atom is 0.329 e. The van der Waals surface area contributed by atoms with E-state index in [0.717, 1.165) is 0 Å². The van der Waals surface area contributed by atoms with Gasteiger partial charge in [0, 0.05) is 11.3 Å². The molecule has 0 spiro atoms. The number of hydrogen-bond donors (Lipinski definition) is 3. The van der Waals surface area contributed by atoms with Crippen LogP contribution in [-0.4, -0.2) is 38.3 Å². The topological polar surface area (TPSA) is 145 Å². The maximum absolute atomic E-state index is 12.6. The van der Waals surface area contributed by atoms with Crippen molar-refractivity contribution in [1.82, 2.24) is 5.32 Å². The van der Waals surface area contributed by atoms with E-state index in [1.807, 2.05) is 0 Å². The largest absolute Gasteiger partial charge is 0.451 e. The highest BCUT2D eigenvalue weighted by Gasteiger charge is 2.29. The Morgan fingerprint density at radius 2 is 1.52 bits per heavy atom. The normalized spacial score (nSPS) is 13.2. The minimum absolute atomic E-state index is 0.0982. The monoisotopic (exact) mass is 447 g/mol. The number of amides is 2. The third-order valence-electron chi connectivity index (χ3n) is 4.36. The summed E-state index contributed by atoms with van der Waals surface area (Å²) < 4.78 is 27.8. The van der Waals surface area contributed by atoms with Crippen molar-refractivity contribution in [3.8, 4) is 0 Å². The van der Waals surface area contributed by atoms with E-state index in [1.54, 1.807) is 44.2 Å². The molecule has 0 aromatic heterocycles. The summed E-state index contributed by atoms with van der Waals surface area (Å²) in [5.41, 5.74) is 0.702. The first-order chi connectivity index (χ1) is 14.5. The molecule has 0 aliphatic rings. The van der Waals surface area contributed by atoms with Crippen LogP contribution in [0.3, 0.4) is 0 Å². The first-order valence-electron chi connectivity index (χ1n) is 9.49. The van der Waals surface area contributed by atoms with E-state index in [2.05, 4.69) is 10.6 Å². The van der Waals surface area contributed by atoms with Crippen molar-refractivity contribution in [2.45, 2.75) is 37.8 Å². The van der Waals surface area contributed by atoms with E-state index in [0.29, 0.717) is 11.3 Å². The van der Waals surface area contributed by atoms with Crippen LogP contribution in [0.1, 0.15) is 31.1 Å². The summed E-state index contributed by atoms with van der Waals surface area (Å²) in [6.07, 6.45) is -1.15. The van der Waals surface area contributed by atoms with Crippen molar-refractivity contribution >= 4 is 33.5 Å². The lowest BCUT2D eigenvalue weighted by atomic mass is 10.0. The molecule has 0 aliphatic carbocycles. The molecule has 166 valence electrons. The van der Waals surface area contributed by atoms with Crippen LogP contribution in [0, 0.1) is 5.92 Å². The van der Waals surface area contributed by atoms with E-state index in [9.17, 15) is 22.8 Å². The number of carbonyl (C=O) groups is 3. The van der Waals surface area contributed by atoms with Crippen LogP contribution in [0.5, 0.6) is 0 Å². The predicted molar refractivity (Wildman–Crippen MR) is 115 cm³/mol. The molecule has 2 aromatic carbocycles. The second kappa shape index (κ2) is 10.2. The molecule has 31 heavy (non-hydrogen) atoms. The lowest BCUT2D eigenvalue weighted by molar-refractivity contribution is -0.156. The van der Waals surface area contributed by atoms with E-state index in [4.69, 9.17) is 9.88 Å². The minimum Gasteiger partial charge on any atom is -0.451 e. The van der Waals surface area contributed by atoms with E-state index >= 15 is 0 Å². The van der Waals surface area contributed by atoms with Crippen LogP contribution in [-0.2, 0) is 24.3 Å². The van der Waals surface area contributed by atoms with Crippen molar-refractivity contribution in [2.24, 2.45) is 11.1 Å². The van der Waals surface area contributed by atoms with Gasteiger partial charge in [0.2, 0.25) is 10.0 Å². The second-order valence-corrected chi connectivity index (χ2v) is 8.76. The molecule has 0 heterocycles. The summed E-state index contributed by atoms with van der Waals surface area (Å²) in [5.74, 6) is -2.07. The molecule has 0 aliphatic heterocycles. The third kappa shape index (κ3) is 6.90. The Bertz CT molecular complexity index is 1040. The van der Waals surface area contributed by atoms with Gasteiger partial charge in [-0.3, -0.25) is 9.59 Å². The number of primary sulfonamides is 1. The zero-order valence-corrected chi connectivity index (χ0v) is 18.2. The van der Waals surface area contributed by atoms with E-state index in [1.165, 1.54) is 31.2 Å². The van der Waals surface area contributed by atoms with Crippen molar-refractivity contribution in [1.29, 1.82) is 0 Å². The van der Waals surface area contributed by atoms with Gasteiger partial charge < -0.3 is 15.4 Å². The predicted octanol–water partition coefficient (Wildman–Crippen LogP) is 1.66. The number of nitrogens with two attached hydrogens (primary N) is 1. The number of carbonyl (C=O) groups excluding carboxylic acids is 3. The zero-order chi connectivity index (χ0) is 23.2. The fourth-order valence-electron chi connectivity index (χ4n) is 2.58. The van der Waals surface area contributed by atoms with Crippen LogP contribution in [0.15, 0.2) is 59.5 Å². The van der Waals surface area contributed by atoms with Gasteiger partial charge in [0.15, 0.2) is 6.10 Å². The minimum atomic E-state index is -3.84. The summed E-state index contributed by atoms with van der Waals surface area (Å²) in [6, 6.07) is 12.7. The number of anilines is 1. The number of ether oxygens (including phenoxy) is 1. The van der Waals surface area contributed by atoms with Gasteiger partial charge in [-0.2, -0.15) is 0 Å². The van der Waals surface area contributed by atoms with Gasteiger partial charge in [0.25, 0.3) is 11.8 Å². The lowest BCUT2D eigenvalue weighted by Gasteiger charge is -2.23. The Morgan fingerprint density at radius 3 is 2.03 bits per heavy atom. The summed E-state index contributed by atoms with van der Waals surface area (Å²) in [6.45, 7) is 4.88. The number of benzene rings is 2. The van der Waals surface area contributed by atoms with Gasteiger partial charge in [-0.15, -0.1) is 0 Å². The van der Waals surface area contributed by atoms with E-state index in [-0.39, 0.29) is 10.8 Å². The average molecular weight is 448 g/mol. The molecule has 9 nitrogen and oxygen atoms in total. The molecular formula is C21H25N3O6S. The van der Waals surface area contributed by atoms with Crippen molar-refractivity contribution in [2.75, 3.05) is 5.32 Å². The van der Waals surface area contributed by atoms with Crippen LogP contribution in [0.25, 0.3) is 0 Å². The van der Waals surface area contributed by atoms with Crippen molar-refractivity contribution < 1.29 is 27.5 Å². The molecule has 2 aromatic rings. The second-order valence-electron chi connectivity index (χ2n) is 7.20. The standard InChI is InChI=1S/C21H25N3O6S/c1-13(2)18(24-20(26)15-7-5-4-6-8-15)21(27)30-14(3)19(25)23-16-9-11-17(12-10-16)31(22,28)29/h4-14,18H,1-3H3,(H,23,25)(H,24,26)(H2,22,28,29)/t14-,18+/m0/s1. The van der Waals surface area contributed by atoms with Gasteiger partial charge in [-0.1, -0.05) is 32.0 Å². The SMILES string of the molecule is CC(C)[C@@H](NC(=O)c1ccccc1)C(=O)O[C@@H](C)C(=O)Nc1ccc(S(N)(=O)=O)cc1. The quantitative estimate of drug-likeness (QED) is 0.525. The van der Waals surface area contributed by atoms with Crippen LogP contribution in [0.2, 0.25) is 0 Å². The van der Waals surface area contributed by atoms with Crippen LogP contribution >= 0.6 is 0 Å². The summed E-state index contributed by atoms with van der Waals surface area (Å²) >= 11 is 0. The lowest BCUT2D eigenvalue weighted by Crippen LogP contribution is -2.47. The van der Waals surface area contributed by atoms with Gasteiger partial charge in [-0.05, 0) is 49.2 Å². The summed E-state index contributed by atoms with van der Waals surface area (Å²) in [5, 5.41) is 10.2. The number of rotatable bonds is 8. The number of nitrogens with one attached hydrogen (secondary N) is 2. The molecule has 4 N–H and O–H groups in total. The van der Waals surface area contributed by atoms with Crippen LogP contribution < -0.4 is 15.8 Å². The molecule has 0 fully saturated rings. The molecule has 0 saturated heterocycles. The molecule has 0 saturated carbocycles. The molecule has 0 unspecified atom stereocenters.